The number of halogens is 3. The monoisotopic (exact) mass is 531 g/mol. The van der Waals surface area contributed by atoms with E-state index in [2.05, 4.69) is 10.9 Å². The van der Waals surface area contributed by atoms with Gasteiger partial charge < -0.3 is 30.5 Å². The second-order valence-electron chi connectivity index (χ2n) is 6.64. The molecule has 0 radical (unpaired) electrons. The third-order valence-electron chi connectivity index (χ3n) is 3.89. The molecule has 0 aliphatic heterocycles. The van der Waals surface area contributed by atoms with Crippen LogP contribution in [0.4, 0.5) is 13.2 Å². The van der Waals surface area contributed by atoms with E-state index in [0.717, 1.165) is 11.6 Å². The number of benzene rings is 2. The quantitative estimate of drug-likeness (QED) is 0.249. The zero-order valence-corrected chi connectivity index (χ0v) is 18.6. The summed E-state index contributed by atoms with van der Waals surface area (Å²) >= 11 is 0. The number of nitrogens with two attached hydrogens (primary N) is 1. The Bertz CT molecular complexity index is 1140. The van der Waals surface area contributed by atoms with E-state index in [9.17, 15) is 32.3 Å². The van der Waals surface area contributed by atoms with Crippen LogP contribution >= 0.6 is 0 Å². The molecule has 16 heteroatoms. The molecule has 7 N–H and O–H groups in total. The van der Waals surface area contributed by atoms with Crippen molar-refractivity contribution in [3.8, 4) is 11.5 Å². The van der Waals surface area contributed by atoms with Crippen LogP contribution in [0.2, 0.25) is 0 Å². The highest BCUT2D eigenvalue weighted by molar-refractivity contribution is 5.99. The highest BCUT2D eigenvalue weighted by Crippen LogP contribution is 2.28. The van der Waals surface area contributed by atoms with Gasteiger partial charge in [0.1, 0.15) is 0 Å². The zero-order chi connectivity index (χ0) is 28.2. The maximum absolute atomic E-state index is 12.3. The first-order valence-electron chi connectivity index (χ1n) is 9.77. The maximum Gasteiger partial charge on any atom is 0.490 e. The fourth-order valence-electron chi connectivity index (χ4n) is 2.21. The number of hydrazine groups is 1. The molecule has 37 heavy (non-hydrogen) atoms. The number of ether oxygens (including phenoxy) is 2. The van der Waals surface area contributed by atoms with Crippen molar-refractivity contribution in [2.75, 3.05) is 13.2 Å². The first-order valence-corrected chi connectivity index (χ1v) is 9.77. The number of alkyl halides is 3. The summed E-state index contributed by atoms with van der Waals surface area (Å²) in [5.74, 6) is -6.76. The summed E-state index contributed by atoms with van der Waals surface area (Å²) in [4.78, 5) is 54.7. The Morgan fingerprint density at radius 3 is 1.62 bits per heavy atom. The topological polar surface area (TPSA) is 215 Å². The molecule has 0 unspecified atom stereocenters. The maximum atomic E-state index is 12.3. The van der Waals surface area contributed by atoms with Crippen LogP contribution in [-0.4, -0.2) is 64.4 Å². The number of carbonyl (C=O) groups is 5. The predicted molar refractivity (Wildman–Crippen MR) is 116 cm³/mol. The predicted octanol–water partition coefficient (Wildman–Crippen LogP) is 0.780. The fourth-order valence-corrected chi connectivity index (χ4v) is 2.21. The van der Waals surface area contributed by atoms with E-state index >= 15 is 0 Å². The van der Waals surface area contributed by atoms with Gasteiger partial charge in [0.25, 0.3) is 11.8 Å². The highest BCUT2D eigenvalue weighted by atomic mass is 19.4. The third-order valence-corrected chi connectivity index (χ3v) is 3.89. The largest absolute Gasteiger partial charge is 0.490 e. The van der Waals surface area contributed by atoms with Crippen LogP contribution in [0, 0.1) is 0 Å². The molecule has 200 valence electrons. The number of carboxylic acids is 3. The van der Waals surface area contributed by atoms with Gasteiger partial charge in [0.05, 0.1) is 0 Å². The number of hydrogen-bond donors (Lipinski definition) is 6. The average molecular weight is 531 g/mol. The van der Waals surface area contributed by atoms with E-state index in [4.69, 9.17) is 35.3 Å². The molecule has 2 aromatic rings. The second kappa shape index (κ2) is 13.9. The smallest absolute Gasteiger partial charge is 0.479 e. The summed E-state index contributed by atoms with van der Waals surface area (Å²) in [6.07, 6.45) is -5.08. The van der Waals surface area contributed by atoms with E-state index < -0.39 is 49.1 Å². The van der Waals surface area contributed by atoms with Crippen LogP contribution in [-0.2, 0) is 20.9 Å². The zero-order valence-electron chi connectivity index (χ0n) is 18.6. The molecular formula is C21H20F3N3O10. The summed E-state index contributed by atoms with van der Waals surface area (Å²) in [6.45, 7) is -1.09. The van der Waals surface area contributed by atoms with Crippen LogP contribution < -0.4 is 26.1 Å². The van der Waals surface area contributed by atoms with Crippen molar-refractivity contribution in [2.45, 2.75) is 12.7 Å². The van der Waals surface area contributed by atoms with Crippen molar-refractivity contribution in [1.29, 1.82) is 0 Å². The molecule has 0 saturated carbocycles. The molecule has 2 rings (SSSR count). The molecule has 0 bridgehead atoms. The van der Waals surface area contributed by atoms with Crippen molar-refractivity contribution < 1.29 is 61.9 Å². The summed E-state index contributed by atoms with van der Waals surface area (Å²) in [5.41, 5.74) is 11.1. The fraction of sp³-hybridized carbons (Fsp3) is 0.190. The van der Waals surface area contributed by atoms with E-state index in [1.54, 1.807) is 24.3 Å². The van der Waals surface area contributed by atoms with Crippen LogP contribution in [0.5, 0.6) is 11.5 Å². The minimum Gasteiger partial charge on any atom is -0.479 e. The van der Waals surface area contributed by atoms with Crippen molar-refractivity contribution in [2.24, 2.45) is 5.73 Å². The van der Waals surface area contributed by atoms with E-state index in [-0.39, 0.29) is 17.1 Å². The van der Waals surface area contributed by atoms with Gasteiger partial charge in [0.15, 0.2) is 24.7 Å². The summed E-state index contributed by atoms with van der Waals surface area (Å²) in [7, 11) is 0. The SMILES string of the molecule is NCc1ccc(C(=O)NNC(=O)c2ccc(OCC(=O)O)c(OCC(=O)O)c2)cc1.O=C(O)C(F)(F)F. The number of amides is 2. The van der Waals surface area contributed by atoms with Gasteiger partial charge in [-0.15, -0.1) is 0 Å². The molecule has 0 atom stereocenters. The Hall–Kier alpha value is -4.86. The van der Waals surface area contributed by atoms with Crippen LogP contribution in [0.15, 0.2) is 42.5 Å². The lowest BCUT2D eigenvalue weighted by Gasteiger charge is -2.13. The van der Waals surface area contributed by atoms with Gasteiger partial charge in [0, 0.05) is 17.7 Å². The number of carboxylic acid groups (broad SMARTS) is 3. The van der Waals surface area contributed by atoms with Crippen LogP contribution in [0.1, 0.15) is 26.3 Å². The number of hydrogen-bond acceptors (Lipinski definition) is 8. The molecular weight excluding hydrogens is 511 g/mol. The van der Waals surface area contributed by atoms with Gasteiger partial charge in [-0.2, -0.15) is 13.2 Å². The number of rotatable bonds is 9. The van der Waals surface area contributed by atoms with Crippen molar-refractivity contribution in [3.05, 3.63) is 59.2 Å². The molecule has 0 aliphatic rings. The highest BCUT2D eigenvalue weighted by Gasteiger charge is 2.38. The first-order chi connectivity index (χ1) is 17.2. The van der Waals surface area contributed by atoms with Crippen LogP contribution in [0.3, 0.4) is 0 Å². The molecule has 0 fully saturated rings. The molecule has 13 nitrogen and oxygen atoms in total. The Kier molecular flexibility index (Phi) is 11.3. The van der Waals surface area contributed by atoms with Crippen molar-refractivity contribution in [1.82, 2.24) is 10.9 Å². The minimum atomic E-state index is -5.08. The number of aliphatic carboxylic acids is 3. The first kappa shape index (κ1) is 30.2. The molecule has 0 spiro atoms. The van der Waals surface area contributed by atoms with Gasteiger partial charge in [-0.25, -0.2) is 14.4 Å². The number of nitrogens with one attached hydrogen (secondary N) is 2. The Balaban J connectivity index is 0.000000856. The lowest BCUT2D eigenvalue weighted by molar-refractivity contribution is -0.192. The van der Waals surface area contributed by atoms with Gasteiger partial charge in [-0.1, -0.05) is 12.1 Å². The Morgan fingerprint density at radius 1 is 0.757 bits per heavy atom. The van der Waals surface area contributed by atoms with Gasteiger partial charge >= 0.3 is 24.1 Å². The molecule has 0 saturated heterocycles. The van der Waals surface area contributed by atoms with E-state index in [1.807, 2.05) is 0 Å². The van der Waals surface area contributed by atoms with Crippen molar-refractivity contribution in [3.63, 3.8) is 0 Å². The van der Waals surface area contributed by atoms with Gasteiger partial charge in [-0.05, 0) is 35.9 Å². The molecule has 0 aromatic heterocycles. The van der Waals surface area contributed by atoms with E-state index in [0.29, 0.717) is 12.1 Å². The Morgan fingerprint density at radius 2 is 1.19 bits per heavy atom. The summed E-state index contributed by atoms with van der Waals surface area (Å²) in [6, 6.07) is 10.2. The summed E-state index contributed by atoms with van der Waals surface area (Å²) < 4.78 is 41.8. The molecule has 2 aromatic carbocycles. The lowest BCUT2D eigenvalue weighted by atomic mass is 10.1. The van der Waals surface area contributed by atoms with Crippen molar-refractivity contribution >= 4 is 29.7 Å². The summed E-state index contributed by atoms with van der Waals surface area (Å²) in [5, 5.41) is 24.6. The number of carbonyl (C=O) groups excluding carboxylic acids is 2. The lowest BCUT2D eigenvalue weighted by Crippen LogP contribution is -2.41. The molecule has 2 amide bonds. The van der Waals surface area contributed by atoms with E-state index in [1.165, 1.54) is 12.1 Å². The second-order valence-corrected chi connectivity index (χ2v) is 6.64. The molecule has 0 aliphatic carbocycles. The van der Waals surface area contributed by atoms with Gasteiger partial charge in [0.2, 0.25) is 0 Å². The Labute approximate surface area is 205 Å². The normalized spacial score (nSPS) is 10.3. The molecule has 0 heterocycles. The minimum absolute atomic E-state index is 0.0110. The average Bonchev–Trinajstić information content (AvgIpc) is 2.84. The van der Waals surface area contributed by atoms with Crippen LogP contribution in [0.25, 0.3) is 0 Å². The standard InChI is InChI=1S/C19H19N3O8.C2HF3O2/c20-8-11-1-3-12(4-2-11)18(27)21-22-19(28)13-5-6-14(29-9-16(23)24)15(7-13)30-10-17(25)26;3-2(4,5)1(6)7/h1-7H,8-10,20H2,(H,21,27)(H,22,28)(H,23,24)(H,25,26);(H,6,7). The third kappa shape index (κ3) is 11.0. The van der Waals surface area contributed by atoms with Gasteiger partial charge in [-0.3, -0.25) is 20.4 Å².